The van der Waals surface area contributed by atoms with Crippen LogP contribution in [0.3, 0.4) is 0 Å². The van der Waals surface area contributed by atoms with Crippen molar-refractivity contribution in [2.45, 2.75) is 25.7 Å². The van der Waals surface area contributed by atoms with Crippen molar-refractivity contribution in [2.75, 3.05) is 5.75 Å². The van der Waals surface area contributed by atoms with Crippen molar-refractivity contribution in [3.05, 3.63) is 35.9 Å². The van der Waals surface area contributed by atoms with Crippen molar-refractivity contribution >= 4 is 16.9 Å². The van der Waals surface area contributed by atoms with Gasteiger partial charge >= 0.3 is 0 Å². The highest BCUT2D eigenvalue weighted by Gasteiger charge is 2.25. The first kappa shape index (κ1) is 13.2. The quantitative estimate of drug-likeness (QED) is 0.778. The van der Waals surface area contributed by atoms with Crippen molar-refractivity contribution in [2.24, 2.45) is 0 Å². The van der Waals surface area contributed by atoms with E-state index in [1.807, 2.05) is 6.07 Å². The van der Waals surface area contributed by atoms with E-state index in [-0.39, 0.29) is 23.7 Å². The monoisotopic (exact) mass is 244 g/mol. The SMILES string of the molecule is CCC(F)(F)CCSC(=O)c1ccccc1. The Balaban J connectivity index is 2.37. The van der Waals surface area contributed by atoms with Crippen LogP contribution in [0.2, 0.25) is 0 Å². The zero-order chi connectivity index (χ0) is 12.0. The van der Waals surface area contributed by atoms with Gasteiger partial charge in [0.15, 0.2) is 0 Å². The van der Waals surface area contributed by atoms with Gasteiger partial charge in [0.2, 0.25) is 11.0 Å². The average molecular weight is 244 g/mol. The third-order valence-electron chi connectivity index (χ3n) is 2.23. The van der Waals surface area contributed by atoms with Gasteiger partial charge in [0.05, 0.1) is 0 Å². The first-order chi connectivity index (χ1) is 7.55. The van der Waals surface area contributed by atoms with Crippen molar-refractivity contribution in [3.63, 3.8) is 0 Å². The molecule has 0 aliphatic rings. The number of rotatable bonds is 5. The molecule has 0 amide bonds. The zero-order valence-corrected chi connectivity index (χ0v) is 9.90. The lowest BCUT2D eigenvalue weighted by Gasteiger charge is -2.12. The highest BCUT2D eigenvalue weighted by Crippen LogP contribution is 2.25. The number of thioether (sulfide) groups is 1. The Hall–Kier alpha value is -0.900. The molecule has 1 aromatic rings. The number of carbonyl (C=O) groups is 1. The van der Waals surface area contributed by atoms with Gasteiger partial charge in [-0.3, -0.25) is 4.79 Å². The van der Waals surface area contributed by atoms with Crippen LogP contribution in [-0.2, 0) is 0 Å². The summed E-state index contributed by atoms with van der Waals surface area (Å²) in [6, 6.07) is 8.70. The van der Waals surface area contributed by atoms with Crippen molar-refractivity contribution in [1.29, 1.82) is 0 Å². The normalized spacial score (nSPS) is 11.4. The molecule has 88 valence electrons. The molecule has 4 heteroatoms. The molecule has 0 spiro atoms. The van der Waals surface area contributed by atoms with E-state index < -0.39 is 5.92 Å². The summed E-state index contributed by atoms with van der Waals surface area (Å²) in [7, 11) is 0. The summed E-state index contributed by atoms with van der Waals surface area (Å²) in [5.74, 6) is -2.49. The van der Waals surface area contributed by atoms with Gasteiger partial charge in [0.25, 0.3) is 0 Å². The average Bonchev–Trinajstić information content (AvgIpc) is 2.30. The second-order valence-corrected chi connectivity index (χ2v) is 4.53. The predicted octanol–water partition coefficient (Wildman–Crippen LogP) is 4.00. The van der Waals surface area contributed by atoms with Crippen LogP contribution in [0.15, 0.2) is 30.3 Å². The molecule has 0 aromatic heterocycles. The maximum absolute atomic E-state index is 12.9. The van der Waals surface area contributed by atoms with Crippen LogP contribution in [0.25, 0.3) is 0 Å². The van der Waals surface area contributed by atoms with E-state index in [4.69, 9.17) is 0 Å². The molecule has 0 unspecified atom stereocenters. The highest BCUT2D eigenvalue weighted by atomic mass is 32.2. The second kappa shape index (κ2) is 5.99. The summed E-state index contributed by atoms with van der Waals surface area (Å²) in [5.41, 5.74) is 0.562. The number of benzene rings is 1. The fraction of sp³-hybridized carbons (Fsp3) is 0.417. The fourth-order valence-corrected chi connectivity index (χ4v) is 2.02. The van der Waals surface area contributed by atoms with Gasteiger partial charge in [-0.05, 0) is 0 Å². The van der Waals surface area contributed by atoms with E-state index >= 15 is 0 Å². The van der Waals surface area contributed by atoms with Crippen molar-refractivity contribution in [1.82, 2.24) is 0 Å². The van der Waals surface area contributed by atoms with Crippen LogP contribution in [0, 0.1) is 0 Å². The standard InChI is InChI=1S/C12H14F2OS/c1-2-12(13,14)8-9-16-11(15)10-6-4-3-5-7-10/h3-7H,2,8-9H2,1H3. The van der Waals surface area contributed by atoms with E-state index in [0.717, 1.165) is 11.8 Å². The molecule has 0 fully saturated rings. The largest absolute Gasteiger partial charge is 0.282 e. The minimum absolute atomic E-state index is 0.146. The van der Waals surface area contributed by atoms with Crippen LogP contribution in [-0.4, -0.2) is 16.8 Å². The molecular weight excluding hydrogens is 230 g/mol. The first-order valence-corrected chi connectivity index (χ1v) is 6.14. The van der Waals surface area contributed by atoms with E-state index in [0.29, 0.717) is 5.56 Å². The molecule has 1 nitrogen and oxygen atoms in total. The summed E-state index contributed by atoms with van der Waals surface area (Å²) >= 11 is 0.953. The second-order valence-electron chi connectivity index (χ2n) is 3.46. The number of carbonyl (C=O) groups excluding carboxylic acids is 1. The molecule has 0 atom stereocenters. The summed E-state index contributed by atoms with van der Waals surface area (Å²) in [4.78, 5) is 11.5. The van der Waals surface area contributed by atoms with Crippen LogP contribution in [0.1, 0.15) is 30.1 Å². The van der Waals surface area contributed by atoms with E-state index in [2.05, 4.69) is 0 Å². The van der Waals surface area contributed by atoms with Gasteiger partial charge in [-0.25, -0.2) is 8.78 Å². The lowest BCUT2D eigenvalue weighted by atomic mass is 10.2. The van der Waals surface area contributed by atoms with Gasteiger partial charge < -0.3 is 0 Å². The molecule has 0 saturated carbocycles. The molecule has 1 aromatic carbocycles. The molecular formula is C12H14F2OS. The summed E-state index contributed by atoms with van der Waals surface area (Å²) in [6.07, 6.45) is -0.417. The summed E-state index contributed by atoms with van der Waals surface area (Å²) in [5, 5.41) is -0.146. The maximum Gasteiger partial charge on any atom is 0.248 e. The van der Waals surface area contributed by atoms with Crippen molar-refractivity contribution in [3.8, 4) is 0 Å². The molecule has 0 radical (unpaired) electrons. The topological polar surface area (TPSA) is 17.1 Å². The number of alkyl halides is 2. The van der Waals surface area contributed by atoms with Crippen LogP contribution >= 0.6 is 11.8 Å². The van der Waals surface area contributed by atoms with E-state index in [1.54, 1.807) is 24.3 Å². The Bertz CT molecular complexity index is 338. The molecule has 0 aliphatic heterocycles. The van der Waals surface area contributed by atoms with Gasteiger partial charge in [0, 0.05) is 24.2 Å². The lowest BCUT2D eigenvalue weighted by molar-refractivity contribution is -0.00521. The molecule has 0 bridgehead atoms. The van der Waals surface area contributed by atoms with Crippen LogP contribution in [0.4, 0.5) is 8.78 Å². The molecule has 16 heavy (non-hydrogen) atoms. The van der Waals surface area contributed by atoms with Crippen LogP contribution < -0.4 is 0 Å². The molecule has 1 rings (SSSR count). The van der Waals surface area contributed by atoms with Gasteiger partial charge in [0.1, 0.15) is 0 Å². The predicted molar refractivity (Wildman–Crippen MR) is 63.1 cm³/mol. The number of hydrogen-bond donors (Lipinski definition) is 0. The Labute approximate surface area is 98.2 Å². The van der Waals surface area contributed by atoms with E-state index in [9.17, 15) is 13.6 Å². The smallest absolute Gasteiger partial charge is 0.248 e. The maximum atomic E-state index is 12.9. The van der Waals surface area contributed by atoms with E-state index in [1.165, 1.54) is 6.92 Å². The van der Waals surface area contributed by atoms with Gasteiger partial charge in [-0.15, -0.1) is 0 Å². The first-order valence-electron chi connectivity index (χ1n) is 5.15. The van der Waals surface area contributed by atoms with Gasteiger partial charge in [-0.2, -0.15) is 0 Å². The molecule has 0 N–H and O–H groups in total. The minimum atomic E-state index is -2.65. The Morgan fingerprint density at radius 2 is 1.94 bits per heavy atom. The molecule has 0 heterocycles. The third kappa shape index (κ3) is 4.31. The number of hydrogen-bond acceptors (Lipinski definition) is 2. The third-order valence-corrected chi connectivity index (χ3v) is 3.13. The zero-order valence-electron chi connectivity index (χ0n) is 9.08. The summed E-state index contributed by atoms with van der Waals surface area (Å²) < 4.78 is 25.8. The van der Waals surface area contributed by atoms with Gasteiger partial charge in [-0.1, -0.05) is 49.0 Å². The van der Waals surface area contributed by atoms with Crippen molar-refractivity contribution < 1.29 is 13.6 Å². The number of halogens is 2. The summed E-state index contributed by atoms with van der Waals surface area (Å²) in [6.45, 7) is 1.45. The Morgan fingerprint density at radius 3 is 2.50 bits per heavy atom. The van der Waals surface area contributed by atoms with Crippen LogP contribution in [0.5, 0.6) is 0 Å². The Morgan fingerprint density at radius 1 is 1.31 bits per heavy atom. The Kier molecular flexibility index (Phi) is 4.93. The fourth-order valence-electron chi connectivity index (χ4n) is 1.13. The molecule has 0 aliphatic carbocycles. The lowest BCUT2D eigenvalue weighted by Crippen LogP contribution is -2.15. The minimum Gasteiger partial charge on any atom is -0.282 e. The molecule has 0 saturated heterocycles. The highest BCUT2D eigenvalue weighted by molar-refractivity contribution is 8.14.